The monoisotopic (exact) mass is 574 g/mol. The van der Waals surface area contributed by atoms with Crippen molar-refractivity contribution < 1.29 is 33.6 Å². The van der Waals surface area contributed by atoms with Gasteiger partial charge in [0, 0.05) is 5.56 Å². The molecule has 2 heterocycles. The molecule has 1 fully saturated rings. The second-order valence-corrected chi connectivity index (χ2v) is 10.5. The highest BCUT2D eigenvalue weighted by molar-refractivity contribution is 7.22. The van der Waals surface area contributed by atoms with Crippen molar-refractivity contribution in [1.29, 1.82) is 0 Å². The van der Waals surface area contributed by atoms with E-state index < -0.39 is 17.7 Å². The summed E-state index contributed by atoms with van der Waals surface area (Å²) in [7, 11) is 4.46. The summed E-state index contributed by atoms with van der Waals surface area (Å²) in [4.78, 5) is 33.5. The van der Waals surface area contributed by atoms with Crippen molar-refractivity contribution in [3.05, 3.63) is 76.4 Å². The van der Waals surface area contributed by atoms with Crippen LogP contribution in [0.3, 0.4) is 0 Å². The maximum absolute atomic E-state index is 13.7. The number of hydrogen-bond donors (Lipinski definition) is 1. The number of amides is 1. The zero-order valence-electron chi connectivity index (χ0n) is 23.6. The summed E-state index contributed by atoms with van der Waals surface area (Å²) < 4.78 is 23.0. The number of fused-ring (bicyclic) bond motifs is 1. The van der Waals surface area contributed by atoms with Gasteiger partial charge in [-0.2, -0.15) is 0 Å². The lowest BCUT2D eigenvalue weighted by atomic mass is 9.94. The first kappa shape index (κ1) is 28.0. The first-order chi connectivity index (χ1) is 19.7. The second-order valence-electron chi connectivity index (χ2n) is 9.51. The number of anilines is 1. The summed E-state index contributed by atoms with van der Waals surface area (Å²) in [5.41, 5.74) is 3.51. The number of aryl methyl sites for hydroxylation is 2. The first-order valence-electron chi connectivity index (χ1n) is 12.9. The standard InChI is InChI=1S/C31H30N2O7S/c1-7-40-20-10-8-18(9-11-20)27(34)24-26(19-14-21(37-4)29(39-6)22(15-19)38-5)33(30(36)28(24)35)31-32-25-17(3)12-16(2)13-23(25)41-31/h8-15,26,34H,7H2,1-6H3. The minimum Gasteiger partial charge on any atom is -0.507 e. The number of aliphatic hydroxyl groups excluding tert-OH is 1. The number of carbonyl (C=O) groups excluding carboxylic acids is 2. The number of benzene rings is 3. The number of methoxy groups -OCH3 is 3. The number of rotatable bonds is 8. The fourth-order valence-corrected chi connectivity index (χ4v) is 6.27. The van der Waals surface area contributed by atoms with Crippen molar-refractivity contribution in [2.24, 2.45) is 0 Å². The third kappa shape index (κ3) is 4.84. The Morgan fingerprint density at radius 1 is 0.976 bits per heavy atom. The third-order valence-electron chi connectivity index (χ3n) is 6.91. The van der Waals surface area contributed by atoms with Crippen molar-refractivity contribution in [2.75, 3.05) is 32.8 Å². The van der Waals surface area contributed by atoms with Gasteiger partial charge >= 0.3 is 5.91 Å². The summed E-state index contributed by atoms with van der Waals surface area (Å²) in [5, 5.41) is 11.9. The number of aromatic nitrogens is 1. The Kier molecular flexibility index (Phi) is 7.59. The summed E-state index contributed by atoms with van der Waals surface area (Å²) in [6, 6.07) is 13.0. The van der Waals surface area contributed by atoms with Gasteiger partial charge in [-0.3, -0.25) is 14.5 Å². The van der Waals surface area contributed by atoms with Crippen LogP contribution >= 0.6 is 11.3 Å². The van der Waals surface area contributed by atoms with Crippen LogP contribution in [0.25, 0.3) is 16.0 Å². The van der Waals surface area contributed by atoms with Gasteiger partial charge in [0.1, 0.15) is 11.5 Å². The van der Waals surface area contributed by atoms with E-state index in [0.29, 0.717) is 45.9 Å². The van der Waals surface area contributed by atoms with Crippen molar-refractivity contribution in [3.8, 4) is 23.0 Å². The molecule has 0 radical (unpaired) electrons. The Morgan fingerprint density at radius 2 is 1.63 bits per heavy atom. The van der Waals surface area contributed by atoms with Crippen molar-refractivity contribution >= 4 is 44.1 Å². The maximum Gasteiger partial charge on any atom is 0.301 e. The molecule has 3 aromatic carbocycles. The third-order valence-corrected chi connectivity index (χ3v) is 7.91. The quantitative estimate of drug-likeness (QED) is 0.156. The smallest absolute Gasteiger partial charge is 0.301 e. The molecule has 212 valence electrons. The Bertz CT molecular complexity index is 1670. The van der Waals surface area contributed by atoms with E-state index in [-0.39, 0.29) is 11.3 Å². The lowest BCUT2D eigenvalue weighted by Gasteiger charge is -2.24. The summed E-state index contributed by atoms with van der Waals surface area (Å²) in [6.45, 7) is 6.30. The highest BCUT2D eigenvalue weighted by Gasteiger charge is 2.48. The number of nitrogens with zero attached hydrogens (tertiary/aromatic N) is 2. The Morgan fingerprint density at radius 3 is 2.22 bits per heavy atom. The molecule has 0 spiro atoms. The summed E-state index contributed by atoms with van der Waals surface area (Å²) >= 11 is 1.31. The van der Waals surface area contributed by atoms with Crippen molar-refractivity contribution in [2.45, 2.75) is 26.8 Å². The van der Waals surface area contributed by atoms with E-state index in [1.807, 2.05) is 32.9 Å². The van der Waals surface area contributed by atoms with Gasteiger partial charge in [0.15, 0.2) is 16.6 Å². The highest BCUT2D eigenvalue weighted by Crippen LogP contribution is 2.48. The minimum absolute atomic E-state index is 0.0828. The molecule has 1 unspecified atom stereocenters. The van der Waals surface area contributed by atoms with Crippen LogP contribution in [-0.2, 0) is 9.59 Å². The zero-order chi connectivity index (χ0) is 29.4. The minimum atomic E-state index is -1.03. The highest BCUT2D eigenvalue weighted by atomic mass is 32.1. The van der Waals surface area contributed by atoms with E-state index in [1.165, 1.54) is 37.6 Å². The Labute approximate surface area is 241 Å². The summed E-state index contributed by atoms with van der Waals surface area (Å²) in [5.74, 6) is -0.305. The molecular formula is C31H30N2O7S. The lowest BCUT2D eigenvalue weighted by Crippen LogP contribution is -2.29. The van der Waals surface area contributed by atoms with Crippen LogP contribution < -0.4 is 23.8 Å². The number of ketones is 1. The van der Waals surface area contributed by atoms with Crippen LogP contribution in [0, 0.1) is 13.8 Å². The molecule has 1 aliphatic rings. The van der Waals surface area contributed by atoms with Gasteiger partial charge in [-0.05, 0) is 79.9 Å². The van der Waals surface area contributed by atoms with E-state index in [4.69, 9.17) is 23.9 Å². The fraction of sp³-hybridized carbons (Fsp3) is 0.258. The molecule has 1 atom stereocenters. The molecule has 9 nitrogen and oxygen atoms in total. The van der Waals surface area contributed by atoms with E-state index in [0.717, 1.165) is 21.3 Å². The maximum atomic E-state index is 13.7. The van der Waals surface area contributed by atoms with Crippen LogP contribution in [0.1, 0.15) is 35.2 Å². The molecule has 0 saturated carbocycles. The topological polar surface area (TPSA) is 107 Å². The molecular weight excluding hydrogens is 544 g/mol. The number of ether oxygens (including phenoxy) is 4. The van der Waals surface area contributed by atoms with Gasteiger partial charge in [0.25, 0.3) is 5.78 Å². The molecule has 1 aromatic heterocycles. The normalized spacial score (nSPS) is 16.3. The van der Waals surface area contributed by atoms with Gasteiger partial charge in [-0.1, -0.05) is 17.4 Å². The molecule has 0 aliphatic carbocycles. The van der Waals surface area contributed by atoms with Gasteiger partial charge in [0.2, 0.25) is 5.75 Å². The molecule has 1 saturated heterocycles. The van der Waals surface area contributed by atoms with E-state index >= 15 is 0 Å². The van der Waals surface area contributed by atoms with Crippen LogP contribution in [-0.4, -0.2) is 49.7 Å². The first-order valence-corrected chi connectivity index (χ1v) is 13.8. The number of thiazole rings is 1. The van der Waals surface area contributed by atoms with Crippen molar-refractivity contribution in [1.82, 2.24) is 4.98 Å². The van der Waals surface area contributed by atoms with E-state index in [9.17, 15) is 14.7 Å². The zero-order valence-corrected chi connectivity index (χ0v) is 24.4. The van der Waals surface area contributed by atoms with Crippen LogP contribution in [0.4, 0.5) is 5.13 Å². The van der Waals surface area contributed by atoms with Crippen LogP contribution in [0.2, 0.25) is 0 Å². The molecule has 41 heavy (non-hydrogen) atoms. The molecule has 1 amide bonds. The molecule has 4 aromatic rings. The molecule has 1 N–H and O–H groups in total. The lowest BCUT2D eigenvalue weighted by molar-refractivity contribution is -0.132. The number of hydrogen-bond acceptors (Lipinski definition) is 9. The predicted molar refractivity (Wildman–Crippen MR) is 158 cm³/mol. The Balaban J connectivity index is 1.76. The average Bonchev–Trinajstić information content (AvgIpc) is 3.50. The molecule has 1 aliphatic heterocycles. The van der Waals surface area contributed by atoms with E-state index in [1.54, 1.807) is 36.4 Å². The predicted octanol–water partition coefficient (Wildman–Crippen LogP) is 5.96. The van der Waals surface area contributed by atoms with Gasteiger partial charge < -0.3 is 24.1 Å². The largest absolute Gasteiger partial charge is 0.507 e. The number of Topliss-reactive ketones (excluding diaryl/α,β-unsaturated/α-hetero) is 1. The van der Waals surface area contributed by atoms with Crippen LogP contribution in [0.5, 0.6) is 23.0 Å². The van der Waals surface area contributed by atoms with Crippen LogP contribution in [0.15, 0.2) is 54.1 Å². The molecule has 0 bridgehead atoms. The summed E-state index contributed by atoms with van der Waals surface area (Å²) in [6.07, 6.45) is 0. The Hall–Kier alpha value is -4.57. The average molecular weight is 575 g/mol. The second kappa shape index (κ2) is 11.1. The number of carbonyl (C=O) groups is 2. The molecule has 5 rings (SSSR count). The van der Waals surface area contributed by atoms with Gasteiger partial charge in [-0.25, -0.2) is 4.98 Å². The van der Waals surface area contributed by atoms with Gasteiger partial charge in [-0.15, -0.1) is 0 Å². The fourth-order valence-electron chi connectivity index (χ4n) is 5.10. The number of aliphatic hydroxyl groups is 1. The SMILES string of the molecule is CCOc1ccc(C(O)=C2C(=O)C(=O)N(c3nc4c(C)cc(C)cc4s3)C2c2cc(OC)c(OC)c(OC)c2)cc1. The van der Waals surface area contributed by atoms with Gasteiger partial charge in [0.05, 0.1) is 49.8 Å². The van der Waals surface area contributed by atoms with E-state index in [2.05, 4.69) is 0 Å². The molecule has 10 heteroatoms. The van der Waals surface area contributed by atoms with Crippen molar-refractivity contribution in [3.63, 3.8) is 0 Å².